The Labute approximate surface area is 414 Å². The van der Waals surface area contributed by atoms with Crippen LogP contribution in [-0.4, -0.2) is 0 Å². The van der Waals surface area contributed by atoms with E-state index in [1.54, 1.807) is 0 Å². The molecule has 10 aromatic rings. The smallest absolute Gasteiger partial charge is 0.0462 e. The topological polar surface area (TPSA) is 6.48 Å². The van der Waals surface area contributed by atoms with E-state index in [4.69, 9.17) is 0 Å². The molecule has 2 nitrogen and oxygen atoms in total. The molecule has 10 aromatic carbocycles. The minimum atomic E-state index is 1.09. The Morgan fingerprint density at radius 2 is 0.543 bits per heavy atom. The molecule has 0 spiro atoms. The molecular formula is C68H56N2. The number of aryl methyl sites for hydroxylation is 4. The number of hydrogen-bond donors (Lipinski definition) is 0. The van der Waals surface area contributed by atoms with Gasteiger partial charge in [0.05, 0.1) is 0 Å². The van der Waals surface area contributed by atoms with Crippen molar-refractivity contribution in [3.8, 4) is 11.1 Å². The van der Waals surface area contributed by atoms with Crippen molar-refractivity contribution < 1.29 is 0 Å². The Balaban J connectivity index is 0.935. The molecule has 0 unspecified atom stereocenters. The molecule has 10 rings (SSSR count). The predicted octanol–water partition coefficient (Wildman–Crippen LogP) is 18.7. The fraction of sp³-hybridized carbons (Fsp3) is 0.0588. The summed E-state index contributed by atoms with van der Waals surface area (Å²) in [5, 5.41) is 0. The van der Waals surface area contributed by atoms with Crippen molar-refractivity contribution in [2.24, 2.45) is 0 Å². The van der Waals surface area contributed by atoms with Crippen molar-refractivity contribution in [3.63, 3.8) is 0 Å². The van der Waals surface area contributed by atoms with Crippen LogP contribution in [0.1, 0.15) is 55.6 Å². The van der Waals surface area contributed by atoms with E-state index < -0.39 is 0 Å². The maximum Gasteiger partial charge on any atom is 0.0462 e. The molecule has 2 heteroatoms. The van der Waals surface area contributed by atoms with Gasteiger partial charge in [0, 0.05) is 34.1 Å². The van der Waals surface area contributed by atoms with Gasteiger partial charge in [-0.05, 0) is 168 Å². The Morgan fingerprint density at radius 1 is 0.257 bits per heavy atom. The van der Waals surface area contributed by atoms with Gasteiger partial charge in [-0.25, -0.2) is 0 Å². The van der Waals surface area contributed by atoms with Crippen LogP contribution in [0, 0.1) is 27.7 Å². The molecule has 0 atom stereocenters. The molecule has 0 amide bonds. The van der Waals surface area contributed by atoms with Gasteiger partial charge < -0.3 is 9.80 Å². The molecule has 0 N–H and O–H groups in total. The van der Waals surface area contributed by atoms with E-state index in [9.17, 15) is 0 Å². The van der Waals surface area contributed by atoms with E-state index in [1.807, 2.05) is 0 Å². The maximum absolute atomic E-state index is 2.34. The predicted molar refractivity (Wildman–Crippen MR) is 300 cm³/mol. The molecule has 0 aromatic heterocycles. The van der Waals surface area contributed by atoms with E-state index in [0.717, 1.165) is 56.4 Å². The molecule has 0 fully saturated rings. The third kappa shape index (κ3) is 10.4. The zero-order valence-corrected chi connectivity index (χ0v) is 40.3. The fourth-order valence-corrected chi connectivity index (χ4v) is 9.19. The monoisotopic (exact) mass is 900 g/mol. The molecule has 0 aliphatic rings. The summed E-state index contributed by atoms with van der Waals surface area (Å²) in [6.07, 6.45) is 4.60. The van der Waals surface area contributed by atoms with Crippen molar-refractivity contribution in [1.82, 2.24) is 0 Å². The highest BCUT2D eigenvalue weighted by Crippen LogP contribution is 2.39. The molecule has 0 aliphatic heterocycles. The molecule has 70 heavy (non-hydrogen) atoms. The van der Waals surface area contributed by atoms with Gasteiger partial charge in [0.1, 0.15) is 0 Å². The molecule has 0 radical (unpaired) electrons. The van der Waals surface area contributed by atoms with Gasteiger partial charge in [0.25, 0.3) is 0 Å². The first-order valence-corrected chi connectivity index (χ1v) is 24.1. The Morgan fingerprint density at radius 3 is 0.857 bits per heavy atom. The average Bonchev–Trinajstić information content (AvgIpc) is 3.40. The first kappa shape index (κ1) is 45.1. The Hall–Kier alpha value is -8.72. The Bertz CT molecular complexity index is 3150. The largest absolute Gasteiger partial charge is 0.311 e. The highest BCUT2D eigenvalue weighted by atomic mass is 15.1. The highest BCUT2D eigenvalue weighted by Gasteiger charge is 2.16. The van der Waals surface area contributed by atoms with Gasteiger partial charge in [-0.2, -0.15) is 0 Å². The fourth-order valence-electron chi connectivity index (χ4n) is 9.19. The molecule has 338 valence electrons. The quantitative estimate of drug-likeness (QED) is 0.106. The van der Waals surface area contributed by atoms with Crippen molar-refractivity contribution in [2.75, 3.05) is 9.80 Å². The summed E-state index contributed by atoms with van der Waals surface area (Å²) in [5.41, 5.74) is 23.4. The molecule has 0 aliphatic carbocycles. The van der Waals surface area contributed by atoms with E-state index in [0.29, 0.717) is 0 Å². The summed E-state index contributed by atoms with van der Waals surface area (Å²) in [5.74, 6) is 0. The first-order chi connectivity index (χ1) is 34.3. The summed E-state index contributed by atoms with van der Waals surface area (Å²) in [7, 11) is 0. The number of nitrogens with zero attached hydrogens (tertiary/aromatic N) is 2. The second-order valence-electron chi connectivity index (χ2n) is 18.2. The highest BCUT2D eigenvalue weighted by molar-refractivity contribution is 5.93. The SMILES string of the molecule is Cc1ccc(N(c2ccc(C=C(c3ccccc3)c3cccc(C)c3)cc2)c2ccc(-c3ccc(N(c4ccc(C)cc4)c4ccc(C=C(c5ccccc5)c5cccc(C)c5)cc4)cc3)cc2)cc1. The van der Waals surface area contributed by atoms with Crippen LogP contribution in [0.2, 0.25) is 0 Å². The lowest BCUT2D eigenvalue weighted by molar-refractivity contribution is 1.27. The average molecular weight is 901 g/mol. The van der Waals surface area contributed by atoms with Gasteiger partial charge in [0.15, 0.2) is 0 Å². The zero-order valence-electron chi connectivity index (χ0n) is 40.3. The first-order valence-electron chi connectivity index (χ1n) is 24.1. The van der Waals surface area contributed by atoms with Crippen molar-refractivity contribution in [2.45, 2.75) is 27.7 Å². The summed E-state index contributed by atoms with van der Waals surface area (Å²) < 4.78 is 0. The zero-order chi connectivity index (χ0) is 47.8. The lowest BCUT2D eigenvalue weighted by Gasteiger charge is -2.26. The van der Waals surface area contributed by atoms with E-state index in [-0.39, 0.29) is 0 Å². The molecule has 0 saturated carbocycles. The standard InChI is InChI=1S/C68H56N2/c1-49-21-33-61(34-22-49)69(63-37-25-53(26-38-63)47-67(57-15-7-5-8-16-57)59-19-11-13-51(3)45-59)65-41-29-55(30-42-65)56-31-43-66(44-32-56)70(62-35-23-50(2)24-36-62)64-39-27-54(28-40-64)48-68(58-17-9-6-10-18-58)60-20-12-14-52(4)46-60/h5-48H,1-4H3. The third-order valence-corrected chi connectivity index (χ3v) is 12.9. The Kier molecular flexibility index (Phi) is 13.3. The molecule has 0 bridgehead atoms. The van der Waals surface area contributed by atoms with Crippen LogP contribution >= 0.6 is 0 Å². The number of hydrogen-bond acceptors (Lipinski definition) is 2. The van der Waals surface area contributed by atoms with Crippen LogP contribution in [0.15, 0.2) is 255 Å². The van der Waals surface area contributed by atoms with Crippen molar-refractivity contribution in [3.05, 3.63) is 310 Å². The van der Waals surface area contributed by atoms with Gasteiger partial charge in [-0.3, -0.25) is 0 Å². The normalized spacial score (nSPS) is 11.6. The van der Waals surface area contributed by atoms with E-state index >= 15 is 0 Å². The minimum Gasteiger partial charge on any atom is -0.311 e. The van der Waals surface area contributed by atoms with Crippen LogP contribution in [0.5, 0.6) is 0 Å². The van der Waals surface area contributed by atoms with Gasteiger partial charge in [-0.1, -0.05) is 204 Å². The van der Waals surface area contributed by atoms with Gasteiger partial charge in [-0.15, -0.1) is 0 Å². The van der Waals surface area contributed by atoms with E-state index in [2.05, 4.69) is 304 Å². The summed E-state index contributed by atoms with van der Waals surface area (Å²) in [4.78, 5) is 4.67. The number of anilines is 6. The van der Waals surface area contributed by atoms with Crippen LogP contribution in [0.3, 0.4) is 0 Å². The summed E-state index contributed by atoms with van der Waals surface area (Å²) in [6, 6.07) is 92.1. The molecular weight excluding hydrogens is 845 g/mol. The lowest BCUT2D eigenvalue weighted by Crippen LogP contribution is -2.10. The van der Waals surface area contributed by atoms with E-state index in [1.165, 1.54) is 55.7 Å². The van der Waals surface area contributed by atoms with Crippen LogP contribution in [0.25, 0.3) is 34.4 Å². The molecule has 0 saturated heterocycles. The van der Waals surface area contributed by atoms with Crippen molar-refractivity contribution >= 4 is 57.4 Å². The number of benzene rings is 10. The van der Waals surface area contributed by atoms with Gasteiger partial charge >= 0.3 is 0 Å². The molecule has 0 heterocycles. The van der Waals surface area contributed by atoms with Crippen LogP contribution in [-0.2, 0) is 0 Å². The van der Waals surface area contributed by atoms with Crippen molar-refractivity contribution in [1.29, 1.82) is 0 Å². The third-order valence-electron chi connectivity index (χ3n) is 12.9. The number of rotatable bonds is 13. The van der Waals surface area contributed by atoms with Crippen LogP contribution in [0.4, 0.5) is 34.1 Å². The van der Waals surface area contributed by atoms with Crippen LogP contribution < -0.4 is 9.80 Å². The van der Waals surface area contributed by atoms with Gasteiger partial charge in [0.2, 0.25) is 0 Å². The minimum absolute atomic E-state index is 1.09. The summed E-state index contributed by atoms with van der Waals surface area (Å²) in [6.45, 7) is 8.57. The second kappa shape index (κ2) is 20.7. The maximum atomic E-state index is 2.34. The second-order valence-corrected chi connectivity index (χ2v) is 18.2. The summed E-state index contributed by atoms with van der Waals surface area (Å²) >= 11 is 0. The lowest BCUT2D eigenvalue weighted by atomic mass is 9.94.